The van der Waals surface area contributed by atoms with Crippen LogP contribution in [0, 0.1) is 6.92 Å². The molecule has 6 rings (SSSR count). The van der Waals surface area contributed by atoms with E-state index in [1.54, 1.807) is 6.20 Å². The van der Waals surface area contributed by atoms with Gasteiger partial charge in [0.2, 0.25) is 5.95 Å². The van der Waals surface area contributed by atoms with Gasteiger partial charge in [-0.1, -0.05) is 43.2 Å². The van der Waals surface area contributed by atoms with E-state index < -0.39 is 0 Å². The predicted molar refractivity (Wildman–Crippen MR) is 155 cm³/mol. The second-order valence-corrected chi connectivity index (χ2v) is 11.1. The number of piperazine rings is 1. The molecule has 2 fully saturated rings. The maximum absolute atomic E-state index is 13.2. The lowest BCUT2D eigenvalue weighted by Gasteiger charge is -2.36. The Kier molecular flexibility index (Phi) is 7.12. The average molecular weight is 575 g/mol. The third-order valence-electron chi connectivity index (χ3n) is 7.80. The summed E-state index contributed by atoms with van der Waals surface area (Å²) in [6, 6.07) is 14.9. The Labute approximate surface area is 230 Å². The van der Waals surface area contributed by atoms with Gasteiger partial charge in [-0.25, -0.2) is 9.97 Å². The lowest BCUT2D eigenvalue weighted by atomic mass is 10.1. The number of pyridine rings is 2. The zero-order valence-electron chi connectivity index (χ0n) is 21.6. The maximum atomic E-state index is 13.2. The second kappa shape index (κ2) is 10.8. The van der Waals surface area contributed by atoms with Crippen molar-refractivity contribution in [1.82, 2.24) is 24.4 Å². The molecule has 1 aromatic carbocycles. The fraction of sp³-hybridized carbons (Fsp3) is 0.379. The molecule has 1 N–H and O–H groups in total. The molecule has 3 aromatic heterocycles. The Morgan fingerprint density at radius 2 is 1.74 bits per heavy atom. The first-order valence-electron chi connectivity index (χ1n) is 13.4. The van der Waals surface area contributed by atoms with Crippen LogP contribution in [0.15, 0.2) is 64.1 Å². The van der Waals surface area contributed by atoms with Gasteiger partial charge in [-0.2, -0.15) is 4.98 Å². The van der Waals surface area contributed by atoms with Crippen LogP contribution >= 0.6 is 15.9 Å². The Morgan fingerprint density at radius 3 is 2.45 bits per heavy atom. The van der Waals surface area contributed by atoms with Crippen LogP contribution in [-0.2, 0) is 6.54 Å². The molecular weight excluding hydrogens is 542 g/mol. The molecule has 4 heterocycles. The highest BCUT2D eigenvalue weighted by Crippen LogP contribution is 2.32. The molecule has 0 spiro atoms. The number of fused-ring (bicyclic) bond motifs is 1. The molecule has 0 amide bonds. The summed E-state index contributed by atoms with van der Waals surface area (Å²) in [6.07, 6.45) is 7.99. The van der Waals surface area contributed by atoms with E-state index in [-0.39, 0.29) is 11.6 Å². The van der Waals surface area contributed by atoms with Gasteiger partial charge in [-0.3, -0.25) is 14.3 Å². The minimum atomic E-state index is -0.0158. The molecule has 0 radical (unpaired) electrons. The fourth-order valence-electron chi connectivity index (χ4n) is 5.63. The number of nitrogens with one attached hydrogen (secondary N) is 1. The van der Waals surface area contributed by atoms with Gasteiger partial charge in [-0.05, 0) is 59.0 Å². The lowest BCUT2D eigenvalue weighted by Crippen LogP contribution is -2.46. The van der Waals surface area contributed by atoms with Crippen LogP contribution in [0.5, 0.6) is 0 Å². The molecule has 9 heteroatoms. The van der Waals surface area contributed by atoms with Crippen LogP contribution in [0.3, 0.4) is 0 Å². The molecule has 2 aliphatic rings. The molecule has 0 atom stereocenters. The minimum Gasteiger partial charge on any atom is -0.368 e. The minimum absolute atomic E-state index is 0.0158. The van der Waals surface area contributed by atoms with E-state index in [2.05, 4.69) is 77.4 Å². The van der Waals surface area contributed by atoms with E-state index in [1.807, 2.05) is 23.8 Å². The number of benzene rings is 1. The topological polar surface area (TPSA) is 79.2 Å². The van der Waals surface area contributed by atoms with Gasteiger partial charge in [0.1, 0.15) is 11.5 Å². The highest BCUT2D eigenvalue weighted by molar-refractivity contribution is 9.10. The van der Waals surface area contributed by atoms with E-state index in [4.69, 9.17) is 4.98 Å². The number of nitrogens with zero attached hydrogens (tertiary/aromatic N) is 6. The molecule has 8 nitrogen and oxygen atoms in total. The fourth-order valence-corrected chi connectivity index (χ4v) is 6.04. The number of hydrogen-bond donors (Lipinski definition) is 1. The summed E-state index contributed by atoms with van der Waals surface area (Å²) in [7, 11) is 0. The van der Waals surface area contributed by atoms with Crippen LogP contribution in [0.4, 0.5) is 17.5 Å². The molecule has 196 valence electrons. The first-order chi connectivity index (χ1) is 18.6. The molecular formula is C29H32BrN7O. The van der Waals surface area contributed by atoms with E-state index in [0.717, 1.165) is 75.0 Å². The lowest BCUT2D eigenvalue weighted by molar-refractivity contribution is 0.250. The van der Waals surface area contributed by atoms with Crippen LogP contribution in [-0.4, -0.2) is 50.6 Å². The van der Waals surface area contributed by atoms with Crippen molar-refractivity contribution in [1.29, 1.82) is 0 Å². The Morgan fingerprint density at radius 1 is 0.974 bits per heavy atom. The third-order valence-corrected chi connectivity index (χ3v) is 8.73. The summed E-state index contributed by atoms with van der Waals surface area (Å²) in [5, 5.41) is 4.14. The first-order valence-corrected chi connectivity index (χ1v) is 14.2. The molecule has 1 saturated heterocycles. The van der Waals surface area contributed by atoms with Gasteiger partial charge in [0.15, 0.2) is 0 Å². The van der Waals surface area contributed by atoms with Gasteiger partial charge in [0.05, 0.1) is 16.4 Å². The Bertz CT molecular complexity index is 1480. The zero-order valence-corrected chi connectivity index (χ0v) is 23.2. The van der Waals surface area contributed by atoms with E-state index >= 15 is 0 Å². The van der Waals surface area contributed by atoms with Crippen molar-refractivity contribution >= 4 is 44.4 Å². The largest absolute Gasteiger partial charge is 0.368 e. The number of rotatable bonds is 6. The van der Waals surface area contributed by atoms with Gasteiger partial charge in [0, 0.05) is 50.3 Å². The highest BCUT2D eigenvalue weighted by Gasteiger charge is 2.24. The van der Waals surface area contributed by atoms with E-state index in [9.17, 15) is 4.79 Å². The maximum Gasteiger partial charge on any atom is 0.267 e. The summed E-state index contributed by atoms with van der Waals surface area (Å²) < 4.78 is 2.46. The zero-order chi connectivity index (χ0) is 26.1. The van der Waals surface area contributed by atoms with Crippen LogP contribution in [0.2, 0.25) is 0 Å². The van der Waals surface area contributed by atoms with Crippen LogP contribution in [0.1, 0.15) is 42.9 Å². The first kappa shape index (κ1) is 25.0. The van der Waals surface area contributed by atoms with Gasteiger partial charge in [0.25, 0.3) is 5.56 Å². The normalized spacial score (nSPS) is 16.8. The van der Waals surface area contributed by atoms with Crippen molar-refractivity contribution < 1.29 is 0 Å². The Hall–Kier alpha value is -3.30. The van der Waals surface area contributed by atoms with Gasteiger partial charge < -0.3 is 10.2 Å². The highest BCUT2D eigenvalue weighted by atomic mass is 79.9. The summed E-state index contributed by atoms with van der Waals surface area (Å²) >= 11 is 3.51. The summed E-state index contributed by atoms with van der Waals surface area (Å²) in [4.78, 5) is 32.0. The summed E-state index contributed by atoms with van der Waals surface area (Å²) in [5.74, 6) is 1.12. The van der Waals surface area contributed by atoms with Crippen molar-refractivity contribution in [2.75, 3.05) is 36.4 Å². The number of aryl methyl sites for hydroxylation is 1. The molecule has 1 saturated carbocycles. The van der Waals surface area contributed by atoms with Crippen molar-refractivity contribution in [3.63, 3.8) is 0 Å². The predicted octanol–water partition coefficient (Wildman–Crippen LogP) is 5.44. The number of halogens is 1. The van der Waals surface area contributed by atoms with Crippen molar-refractivity contribution in [3.05, 3.63) is 80.8 Å². The molecule has 4 aromatic rings. The SMILES string of the molecule is Cc1c(Br)c(=O)n(C2CCCC2)c2nc(Nc3ccc(N4CCN(Cc5ccccc5)CC4)cn3)ncc12. The number of aromatic nitrogens is 4. The van der Waals surface area contributed by atoms with Crippen LogP contribution < -0.4 is 15.8 Å². The van der Waals surface area contributed by atoms with Gasteiger partial charge in [-0.15, -0.1) is 0 Å². The molecule has 38 heavy (non-hydrogen) atoms. The van der Waals surface area contributed by atoms with Crippen molar-refractivity contribution in [2.45, 2.75) is 45.2 Å². The smallest absolute Gasteiger partial charge is 0.267 e. The van der Waals surface area contributed by atoms with Gasteiger partial charge >= 0.3 is 0 Å². The standard InChI is InChI=1S/C29H32BrN7O/c1-20-24-18-32-29(34-27(24)37(28(38)26(20)30)22-9-5-6-10-22)33-25-12-11-23(17-31-25)36-15-13-35(14-16-36)19-21-7-3-2-4-8-21/h2-4,7-8,11-12,17-18,22H,5-6,9-10,13-16,19H2,1H3,(H,31,32,33,34). The van der Waals surface area contributed by atoms with E-state index in [1.165, 1.54) is 5.56 Å². The molecule has 1 aliphatic heterocycles. The average Bonchev–Trinajstić information content (AvgIpc) is 3.48. The third kappa shape index (κ3) is 5.05. The molecule has 1 aliphatic carbocycles. The number of anilines is 3. The molecule has 0 unspecified atom stereocenters. The van der Waals surface area contributed by atoms with Crippen molar-refractivity contribution in [3.8, 4) is 0 Å². The second-order valence-electron chi connectivity index (χ2n) is 10.3. The molecule has 0 bridgehead atoms. The van der Waals surface area contributed by atoms with Crippen molar-refractivity contribution in [2.24, 2.45) is 0 Å². The summed E-state index contributed by atoms with van der Waals surface area (Å²) in [6.45, 7) is 6.93. The summed E-state index contributed by atoms with van der Waals surface area (Å²) in [5.41, 5.74) is 4.02. The monoisotopic (exact) mass is 573 g/mol. The van der Waals surface area contributed by atoms with Crippen LogP contribution in [0.25, 0.3) is 11.0 Å². The quantitative estimate of drug-likeness (QED) is 0.329. The Balaban J connectivity index is 1.16. The van der Waals surface area contributed by atoms with E-state index in [0.29, 0.717) is 21.9 Å². The number of hydrogen-bond acceptors (Lipinski definition) is 7.